The first-order valence-corrected chi connectivity index (χ1v) is 25.4. The summed E-state index contributed by atoms with van der Waals surface area (Å²) >= 11 is 1.87. The lowest BCUT2D eigenvalue weighted by atomic mass is 9.35. The van der Waals surface area contributed by atoms with Gasteiger partial charge in [-0.1, -0.05) is 161 Å². The second-order valence-corrected chi connectivity index (χ2v) is 24.1. The monoisotopic (exact) mass is 906 g/mol. The van der Waals surface area contributed by atoms with Crippen LogP contribution in [0.2, 0.25) is 0 Å². The Bertz CT molecular complexity index is 3420. The summed E-state index contributed by atoms with van der Waals surface area (Å²) in [7, 11) is 0. The van der Waals surface area contributed by atoms with Crippen LogP contribution in [0, 0.1) is 13.8 Å². The van der Waals surface area contributed by atoms with Gasteiger partial charge < -0.3 is 14.2 Å². The van der Waals surface area contributed by atoms with Crippen molar-refractivity contribution in [1.29, 1.82) is 0 Å². The van der Waals surface area contributed by atoms with Crippen molar-refractivity contribution < 1.29 is 4.42 Å². The Balaban J connectivity index is 1.29. The van der Waals surface area contributed by atoms with Crippen molar-refractivity contribution in [3.05, 3.63) is 173 Å². The highest BCUT2D eigenvalue weighted by Crippen LogP contribution is 2.52. The van der Waals surface area contributed by atoms with Crippen LogP contribution in [-0.4, -0.2) is 6.71 Å². The normalized spacial score (nSPS) is 13.7. The number of anilines is 6. The molecule has 4 heterocycles. The maximum atomic E-state index is 7.44. The summed E-state index contributed by atoms with van der Waals surface area (Å²) < 4.78 is 8.73. The highest BCUT2D eigenvalue weighted by Gasteiger charge is 2.48. The molecule has 0 spiro atoms. The first-order chi connectivity index (χ1) is 32.3. The molecule has 2 aliphatic heterocycles. The van der Waals surface area contributed by atoms with Crippen molar-refractivity contribution in [2.24, 2.45) is 0 Å². The van der Waals surface area contributed by atoms with Crippen molar-refractivity contribution in [1.82, 2.24) is 0 Å². The summed E-state index contributed by atoms with van der Waals surface area (Å²) in [6.45, 7) is 30.0. The Hall–Kier alpha value is -6.30. The molecule has 0 saturated heterocycles. The van der Waals surface area contributed by atoms with Gasteiger partial charge in [-0.15, -0.1) is 11.3 Å². The van der Waals surface area contributed by atoms with Gasteiger partial charge in [0.25, 0.3) is 6.71 Å². The van der Waals surface area contributed by atoms with Crippen LogP contribution in [0.25, 0.3) is 42.6 Å². The Morgan fingerprint density at radius 3 is 1.82 bits per heavy atom. The Morgan fingerprint density at radius 1 is 0.529 bits per heavy atom. The van der Waals surface area contributed by atoms with Crippen LogP contribution in [0.4, 0.5) is 34.1 Å². The summed E-state index contributed by atoms with van der Waals surface area (Å²) in [5.41, 5.74) is 22.9. The molecule has 5 heteroatoms. The first-order valence-electron chi connectivity index (χ1n) is 24.6. The number of rotatable bonds is 5. The Kier molecular flexibility index (Phi) is 10.2. The maximum absolute atomic E-state index is 7.44. The molecule has 340 valence electrons. The quantitative estimate of drug-likeness (QED) is 0.160. The minimum Gasteiger partial charge on any atom is -0.468 e. The third-order valence-electron chi connectivity index (χ3n) is 14.7. The number of thiophene rings is 1. The van der Waals surface area contributed by atoms with Crippen molar-refractivity contribution in [3.63, 3.8) is 0 Å². The molecular weight excluding hydrogens is 844 g/mol. The standard InChI is InChI=1S/C63H63BN2OS/c1-37(2)43-32-52-57-53(33-43)66(58-38(3)29-46(30-39(58)4)63(11,12)13)59-48-36-45(62(8,9)10)25-28-54(48)67-60(59)64(57)49-26-23-42(56-34-41-21-17-18-22-55(41)68-56)31-51(49)65(52)50-27-24-44(61(5,6)7)35-47(50)40-19-15-14-16-20-40/h14-37H,1-13H3. The highest BCUT2D eigenvalue weighted by atomic mass is 32.1. The number of fused-ring (bicyclic) bond motifs is 7. The third kappa shape index (κ3) is 7.14. The topological polar surface area (TPSA) is 19.6 Å². The van der Waals surface area contributed by atoms with Crippen LogP contribution < -0.4 is 26.4 Å². The molecule has 0 fully saturated rings. The average Bonchev–Trinajstić information content (AvgIpc) is 3.90. The van der Waals surface area contributed by atoms with E-state index in [1.165, 1.54) is 104 Å². The molecule has 3 nitrogen and oxygen atoms in total. The van der Waals surface area contributed by atoms with E-state index in [4.69, 9.17) is 4.42 Å². The molecule has 0 N–H and O–H groups in total. The predicted octanol–water partition coefficient (Wildman–Crippen LogP) is 16.7. The van der Waals surface area contributed by atoms with Crippen molar-refractivity contribution >= 4 is 89.8 Å². The van der Waals surface area contributed by atoms with E-state index in [1.54, 1.807) is 0 Å². The van der Waals surface area contributed by atoms with E-state index in [0.29, 0.717) is 0 Å². The zero-order chi connectivity index (χ0) is 47.8. The molecule has 11 rings (SSSR count). The SMILES string of the molecule is Cc1cc(C(C)(C)C)cc(C)c1N1c2cc(C(C)C)cc3c2B(c2ccc(-c4cc5ccccc5s4)cc2N3c2ccc(C(C)(C)C)cc2-c2ccccc2)c2oc3ccc(C(C)(C)C)cc3c21. The summed E-state index contributed by atoms with van der Waals surface area (Å²) in [6, 6.07) is 53.4. The fourth-order valence-electron chi connectivity index (χ4n) is 10.9. The highest BCUT2D eigenvalue weighted by molar-refractivity contribution is 7.22. The zero-order valence-corrected chi connectivity index (χ0v) is 43.0. The van der Waals surface area contributed by atoms with Gasteiger partial charge in [0, 0.05) is 37.6 Å². The second-order valence-electron chi connectivity index (χ2n) is 23.0. The van der Waals surface area contributed by atoms with Crippen molar-refractivity contribution in [3.8, 4) is 21.6 Å². The molecule has 0 radical (unpaired) electrons. The fourth-order valence-corrected chi connectivity index (χ4v) is 11.9. The second kappa shape index (κ2) is 15.6. The Morgan fingerprint density at radius 2 is 1.16 bits per heavy atom. The molecule has 0 amide bonds. The number of hydrogen-bond donors (Lipinski definition) is 0. The largest absolute Gasteiger partial charge is 0.468 e. The summed E-state index contributed by atoms with van der Waals surface area (Å²) in [6.07, 6.45) is 0. The van der Waals surface area contributed by atoms with Gasteiger partial charge >= 0.3 is 0 Å². The minimum absolute atomic E-state index is 0.00474. The van der Waals surface area contributed by atoms with Gasteiger partial charge in [-0.2, -0.15) is 0 Å². The molecule has 2 aromatic heterocycles. The van der Waals surface area contributed by atoms with E-state index in [1.807, 2.05) is 11.3 Å². The summed E-state index contributed by atoms with van der Waals surface area (Å²) in [4.78, 5) is 6.50. The lowest BCUT2D eigenvalue weighted by Crippen LogP contribution is -2.61. The molecule has 9 aromatic rings. The summed E-state index contributed by atoms with van der Waals surface area (Å²) in [5.74, 6) is 0.266. The molecule has 0 aliphatic carbocycles. The lowest BCUT2D eigenvalue weighted by Gasteiger charge is -2.44. The predicted molar refractivity (Wildman–Crippen MR) is 296 cm³/mol. The number of aryl methyl sites for hydroxylation is 2. The van der Waals surface area contributed by atoms with Crippen LogP contribution in [0.1, 0.15) is 115 Å². The van der Waals surface area contributed by atoms with Crippen LogP contribution in [0.15, 0.2) is 144 Å². The van der Waals surface area contributed by atoms with Crippen LogP contribution >= 0.6 is 11.3 Å². The number of hydrogen-bond acceptors (Lipinski definition) is 4. The minimum atomic E-state index is -0.163. The van der Waals surface area contributed by atoms with E-state index in [9.17, 15) is 0 Å². The van der Waals surface area contributed by atoms with Crippen LogP contribution in [-0.2, 0) is 16.2 Å². The summed E-state index contributed by atoms with van der Waals surface area (Å²) in [5, 5.41) is 2.43. The molecule has 68 heavy (non-hydrogen) atoms. The number of benzene rings is 7. The smallest absolute Gasteiger partial charge is 0.297 e. The molecule has 0 saturated carbocycles. The molecule has 0 unspecified atom stereocenters. The van der Waals surface area contributed by atoms with Gasteiger partial charge in [-0.3, -0.25) is 0 Å². The van der Waals surface area contributed by atoms with Gasteiger partial charge in [-0.25, -0.2) is 0 Å². The van der Waals surface area contributed by atoms with E-state index in [2.05, 4.69) is 239 Å². The maximum Gasteiger partial charge on any atom is 0.297 e. The first kappa shape index (κ1) is 44.2. The van der Waals surface area contributed by atoms with Crippen molar-refractivity contribution in [2.45, 2.75) is 112 Å². The van der Waals surface area contributed by atoms with Gasteiger partial charge in [0.1, 0.15) is 5.58 Å². The van der Waals surface area contributed by atoms with Crippen molar-refractivity contribution in [2.75, 3.05) is 9.80 Å². The van der Waals surface area contributed by atoms with Gasteiger partial charge in [0.2, 0.25) is 0 Å². The fraction of sp³-hybridized carbons (Fsp3) is 0.270. The van der Waals surface area contributed by atoms with E-state index >= 15 is 0 Å². The number of furan rings is 1. The average molecular weight is 907 g/mol. The Labute approximate surface area is 408 Å². The van der Waals surface area contributed by atoms with Gasteiger partial charge in [0.15, 0.2) is 0 Å². The number of nitrogens with zero attached hydrogens (tertiary/aromatic N) is 2. The van der Waals surface area contributed by atoms with Gasteiger partial charge in [0.05, 0.1) is 22.7 Å². The molecular formula is C63H63BN2OS. The molecule has 7 aromatic carbocycles. The third-order valence-corrected chi connectivity index (χ3v) is 15.9. The molecule has 0 bridgehead atoms. The lowest BCUT2D eigenvalue weighted by molar-refractivity contribution is 0.589. The van der Waals surface area contributed by atoms with E-state index < -0.39 is 0 Å². The van der Waals surface area contributed by atoms with E-state index in [0.717, 1.165) is 22.3 Å². The van der Waals surface area contributed by atoms with E-state index in [-0.39, 0.29) is 28.9 Å². The van der Waals surface area contributed by atoms with Gasteiger partial charge in [-0.05, 0) is 151 Å². The van der Waals surface area contributed by atoms with Crippen LogP contribution in [0.3, 0.4) is 0 Å². The molecule has 2 aliphatic rings. The van der Waals surface area contributed by atoms with Crippen LogP contribution in [0.5, 0.6) is 0 Å². The zero-order valence-electron chi connectivity index (χ0n) is 42.1. The molecule has 0 atom stereocenters.